The third kappa shape index (κ3) is 4.82. The molecule has 0 spiro atoms. The van der Waals surface area contributed by atoms with E-state index >= 15 is 0 Å². The number of methoxy groups -OCH3 is 1. The molecule has 0 bridgehead atoms. The Hall–Kier alpha value is -3.74. The zero-order valence-electron chi connectivity index (χ0n) is 20.4. The van der Waals surface area contributed by atoms with Crippen molar-refractivity contribution in [3.8, 4) is 33.9 Å². The molecule has 188 valence electrons. The summed E-state index contributed by atoms with van der Waals surface area (Å²) in [6.07, 6.45) is 1.46. The highest BCUT2D eigenvalue weighted by Gasteiger charge is 2.24. The summed E-state index contributed by atoms with van der Waals surface area (Å²) in [7, 11) is 1.60. The molecule has 0 atom stereocenters. The first-order chi connectivity index (χ1) is 17.9. The maximum absolute atomic E-state index is 13.1. The van der Waals surface area contributed by atoms with E-state index in [1.807, 2.05) is 26.0 Å². The number of benzene rings is 3. The zero-order valence-corrected chi connectivity index (χ0v) is 21.9. The van der Waals surface area contributed by atoms with Gasteiger partial charge in [0.1, 0.15) is 41.4 Å². The minimum atomic E-state index is -0.130. The predicted octanol–water partition coefficient (Wildman–Crippen LogP) is 8.13. The first-order valence-electron chi connectivity index (χ1n) is 11.6. The Morgan fingerprint density at radius 1 is 0.973 bits per heavy atom. The van der Waals surface area contributed by atoms with E-state index in [0.717, 1.165) is 11.1 Å². The highest BCUT2D eigenvalue weighted by atomic mass is 35.5. The van der Waals surface area contributed by atoms with Crippen molar-refractivity contribution >= 4 is 34.2 Å². The second kappa shape index (κ2) is 10.3. The van der Waals surface area contributed by atoms with E-state index in [4.69, 9.17) is 41.6 Å². The van der Waals surface area contributed by atoms with E-state index in [1.54, 1.807) is 55.6 Å². The molecule has 0 fully saturated rings. The van der Waals surface area contributed by atoms with Gasteiger partial charge in [0.05, 0.1) is 33.7 Å². The molecule has 5 rings (SSSR count). The number of halogens is 2. The van der Waals surface area contributed by atoms with Crippen LogP contribution in [0.1, 0.15) is 31.1 Å². The van der Waals surface area contributed by atoms with Gasteiger partial charge in [0.25, 0.3) is 0 Å². The number of hydrogen-bond acceptors (Lipinski definition) is 6. The summed E-state index contributed by atoms with van der Waals surface area (Å²) < 4.78 is 22.8. The van der Waals surface area contributed by atoms with Crippen LogP contribution in [-0.2, 0) is 6.61 Å². The van der Waals surface area contributed by atoms with Crippen LogP contribution in [0.2, 0.25) is 10.0 Å². The quantitative estimate of drug-likeness (QED) is 0.209. The smallest absolute Gasteiger partial charge is 0.200 e. The van der Waals surface area contributed by atoms with Gasteiger partial charge in [0.2, 0.25) is 0 Å². The van der Waals surface area contributed by atoms with E-state index in [2.05, 4.69) is 5.16 Å². The summed E-state index contributed by atoms with van der Waals surface area (Å²) >= 11 is 12.9. The van der Waals surface area contributed by atoms with Gasteiger partial charge in [-0.2, -0.15) is 0 Å². The molecule has 0 aliphatic rings. The summed E-state index contributed by atoms with van der Waals surface area (Å²) in [6.45, 7) is 4.17. The molecule has 2 aromatic heterocycles. The molecule has 37 heavy (non-hydrogen) atoms. The lowest BCUT2D eigenvalue weighted by atomic mass is 10.0. The molecule has 3 aromatic carbocycles. The Labute approximate surface area is 223 Å². The third-order valence-corrected chi connectivity index (χ3v) is 6.70. The fraction of sp³-hybridized carbons (Fsp3) is 0.172. The largest absolute Gasteiger partial charge is 0.497 e. The number of ether oxygens (including phenoxy) is 2. The van der Waals surface area contributed by atoms with E-state index in [1.165, 1.54) is 6.26 Å². The summed E-state index contributed by atoms with van der Waals surface area (Å²) in [5.74, 6) is 1.98. The molecule has 0 N–H and O–H groups in total. The summed E-state index contributed by atoms with van der Waals surface area (Å²) in [6, 6.07) is 17.7. The second-order valence-corrected chi connectivity index (χ2v) is 9.59. The fourth-order valence-corrected chi connectivity index (χ4v) is 4.74. The van der Waals surface area contributed by atoms with E-state index in [9.17, 15) is 4.79 Å². The molecule has 2 heterocycles. The van der Waals surface area contributed by atoms with Crippen molar-refractivity contribution in [2.45, 2.75) is 26.4 Å². The van der Waals surface area contributed by atoms with Crippen LogP contribution in [0.3, 0.4) is 0 Å². The van der Waals surface area contributed by atoms with Gasteiger partial charge >= 0.3 is 0 Å². The number of rotatable bonds is 7. The summed E-state index contributed by atoms with van der Waals surface area (Å²) in [4.78, 5) is 13.1. The molecule has 0 radical (unpaired) electrons. The Morgan fingerprint density at radius 3 is 2.35 bits per heavy atom. The molecule has 0 saturated heterocycles. The van der Waals surface area contributed by atoms with Crippen LogP contribution in [0.5, 0.6) is 11.5 Å². The van der Waals surface area contributed by atoms with Crippen molar-refractivity contribution in [3.63, 3.8) is 0 Å². The van der Waals surface area contributed by atoms with Gasteiger partial charge in [-0.3, -0.25) is 4.79 Å². The lowest BCUT2D eigenvalue weighted by molar-refractivity contribution is 0.298. The van der Waals surface area contributed by atoms with Gasteiger partial charge in [0, 0.05) is 17.5 Å². The molecule has 8 heteroatoms. The predicted molar refractivity (Wildman–Crippen MR) is 145 cm³/mol. The molecular formula is C29H23Cl2NO5. The Bertz CT molecular complexity index is 1620. The highest BCUT2D eigenvalue weighted by Crippen LogP contribution is 2.39. The molecule has 0 aliphatic carbocycles. The van der Waals surface area contributed by atoms with Crippen LogP contribution in [0.4, 0.5) is 0 Å². The highest BCUT2D eigenvalue weighted by molar-refractivity contribution is 6.39. The average molecular weight is 536 g/mol. The van der Waals surface area contributed by atoms with Crippen molar-refractivity contribution < 1.29 is 18.4 Å². The first-order valence-corrected chi connectivity index (χ1v) is 12.4. The number of fused-ring (bicyclic) bond motifs is 1. The zero-order chi connectivity index (χ0) is 26.1. The van der Waals surface area contributed by atoms with Crippen LogP contribution < -0.4 is 14.9 Å². The lowest BCUT2D eigenvalue weighted by Crippen LogP contribution is -2.05. The molecule has 0 amide bonds. The number of hydrogen-bond donors (Lipinski definition) is 0. The van der Waals surface area contributed by atoms with Gasteiger partial charge in [-0.25, -0.2) is 0 Å². The number of aromatic nitrogens is 1. The van der Waals surface area contributed by atoms with Crippen LogP contribution >= 0.6 is 23.2 Å². The Kier molecular flexibility index (Phi) is 6.96. The van der Waals surface area contributed by atoms with Crippen LogP contribution in [0.15, 0.2) is 80.7 Å². The maximum atomic E-state index is 13.1. The standard InChI is InChI=1S/C29H23Cl2NO5/c1-16(2)29-22(27(32-37-29)26-23(30)5-4-6-24(26)31)15-35-19-11-12-20-25(13-19)36-14-21(28(20)33)17-7-9-18(34-3)10-8-17/h4-14,16H,15H2,1-3H3. The van der Waals surface area contributed by atoms with Crippen LogP contribution in [-0.4, -0.2) is 12.3 Å². The van der Waals surface area contributed by atoms with Gasteiger partial charge in [-0.15, -0.1) is 0 Å². The van der Waals surface area contributed by atoms with Crippen molar-refractivity contribution in [2.24, 2.45) is 0 Å². The second-order valence-electron chi connectivity index (χ2n) is 8.78. The van der Waals surface area contributed by atoms with Crippen LogP contribution in [0, 0.1) is 0 Å². The van der Waals surface area contributed by atoms with Crippen LogP contribution in [0.25, 0.3) is 33.4 Å². The normalized spacial score (nSPS) is 11.3. The monoisotopic (exact) mass is 535 g/mol. The van der Waals surface area contributed by atoms with Crippen molar-refractivity contribution in [1.82, 2.24) is 5.16 Å². The fourth-order valence-electron chi connectivity index (χ4n) is 4.16. The maximum Gasteiger partial charge on any atom is 0.200 e. The van der Waals surface area contributed by atoms with Gasteiger partial charge in [-0.1, -0.05) is 60.4 Å². The minimum absolute atomic E-state index is 0.0621. The van der Waals surface area contributed by atoms with E-state index < -0.39 is 0 Å². The molecular weight excluding hydrogens is 513 g/mol. The topological polar surface area (TPSA) is 74.7 Å². The van der Waals surface area contributed by atoms with Gasteiger partial charge < -0.3 is 18.4 Å². The Balaban J connectivity index is 1.46. The molecule has 6 nitrogen and oxygen atoms in total. The number of nitrogens with zero attached hydrogens (tertiary/aromatic N) is 1. The van der Waals surface area contributed by atoms with Gasteiger partial charge in [0.15, 0.2) is 5.43 Å². The molecule has 0 saturated carbocycles. The van der Waals surface area contributed by atoms with E-state index in [0.29, 0.717) is 55.1 Å². The average Bonchev–Trinajstić information content (AvgIpc) is 3.31. The molecule has 0 unspecified atom stereocenters. The van der Waals surface area contributed by atoms with Crippen molar-refractivity contribution in [1.29, 1.82) is 0 Å². The first kappa shape index (κ1) is 24.9. The molecule has 5 aromatic rings. The SMILES string of the molecule is COc1ccc(-c2coc3cc(OCc4c(-c5c(Cl)cccc5Cl)noc4C(C)C)ccc3c2=O)cc1. The van der Waals surface area contributed by atoms with Crippen molar-refractivity contribution in [3.05, 3.63) is 98.5 Å². The lowest BCUT2D eigenvalue weighted by Gasteiger charge is -2.11. The van der Waals surface area contributed by atoms with Crippen molar-refractivity contribution in [2.75, 3.05) is 7.11 Å². The van der Waals surface area contributed by atoms with E-state index in [-0.39, 0.29) is 18.0 Å². The third-order valence-electron chi connectivity index (χ3n) is 6.07. The van der Waals surface area contributed by atoms with Gasteiger partial charge in [-0.05, 0) is 42.0 Å². The Morgan fingerprint density at radius 2 is 1.68 bits per heavy atom. The summed E-state index contributed by atoms with van der Waals surface area (Å²) in [5.41, 5.74) is 3.39. The summed E-state index contributed by atoms with van der Waals surface area (Å²) in [5, 5.41) is 5.66. The minimum Gasteiger partial charge on any atom is -0.497 e. The molecule has 0 aliphatic heterocycles.